The van der Waals surface area contributed by atoms with E-state index in [-0.39, 0.29) is 10.8 Å². The van der Waals surface area contributed by atoms with E-state index in [0.717, 1.165) is 45.3 Å². The number of amides is 1. The molecule has 0 radical (unpaired) electrons. The summed E-state index contributed by atoms with van der Waals surface area (Å²) < 4.78 is 0. The van der Waals surface area contributed by atoms with Gasteiger partial charge in [-0.3, -0.25) is 4.79 Å². The van der Waals surface area contributed by atoms with Crippen LogP contribution in [0.25, 0.3) is 0 Å². The molecule has 5 aliphatic rings. The maximum atomic E-state index is 14.8. The Morgan fingerprint density at radius 1 is 0.972 bits per heavy atom. The number of piperidine rings is 2. The molecule has 0 bridgehead atoms. The summed E-state index contributed by atoms with van der Waals surface area (Å²) in [4.78, 5) is 17.3. The van der Waals surface area contributed by atoms with Crippen LogP contribution in [-0.4, -0.2) is 36.5 Å². The number of carbonyl (C=O) groups is 1. The lowest BCUT2D eigenvalue weighted by Gasteiger charge is -2.46. The van der Waals surface area contributed by atoms with Crippen LogP contribution < -0.4 is 11.1 Å². The van der Waals surface area contributed by atoms with Crippen molar-refractivity contribution < 1.29 is 4.79 Å². The first-order chi connectivity index (χ1) is 17.7. The van der Waals surface area contributed by atoms with Gasteiger partial charge in [-0.25, -0.2) is 0 Å². The smallest absolute Gasteiger partial charge is 0.231 e. The Bertz CT molecular complexity index is 1140. The summed E-state index contributed by atoms with van der Waals surface area (Å²) in [5.74, 6) is 2.20. The fraction of sp³-hybridized carbons (Fsp3) is 0.594. The predicted octanol–water partition coefficient (Wildman–Crippen LogP) is 4.90. The maximum absolute atomic E-state index is 14.8. The van der Waals surface area contributed by atoms with Crippen LogP contribution in [0.2, 0.25) is 0 Å². The van der Waals surface area contributed by atoms with Crippen LogP contribution in [0.3, 0.4) is 0 Å². The third-order valence-corrected chi connectivity index (χ3v) is 11.1. The van der Waals surface area contributed by atoms with Crippen LogP contribution in [-0.2, 0) is 23.2 Å². The van der Waals surface area contributed by atoms with E-state index in [1.54, 1.807) is 0 Å². The minimum absolute atomic E-state index is 0.0176. The average molecular weight is 484 g/mol. The minimum Gasteiger partial charge on any atom is -0.339 e. The highest BCUT2D eigenvalue weighted by Crippen LogP contribution is 2.76. The maximum Gasteiger partial charge on any atom is 0.231 e. The number of nitrogens with one attached hydrogen (secondary N) is 1. The number of hydrogen-bond acceptors (Lipinski definition) is 3. The molecule has 5 atom stereocenters. The SMILES string of the molecule is NCc1cccc2c1CCC1C3(C(=O)N4CCC(c5ccccc5)CC4C4CCCCC4)CNCC213. The molecule has 1 spiro atoms. The van der Waals surface area contributed by atoms with Crippen LogP contribution in [0, 0.1) is 17.3 Å². The van der Waals surface area contributed by atoms with Crippen molar-refractivity contribution in [2.45, 2.75) is 81.7 Å². The highest BCUT2D eigenvalue weighted by molar-refractivity contribution is 5.92. The van der Waals surface area contributed by atoms with Gasteiger partial charge in [0.25, 0.3) is 0 Å². The Labute approximate surface area is 216 Å². The number of likely N-dealkylation sites (tertiary alicyclic amines) is 1. The van der Waals surface area contributed by atoms with E-state index in [1.807, 2.05) is 0 Å². The predicted molar refractivity (Wildman–Crippen MR) is 144 cm³/mol. The molecule has 5 unspecified atom stereocenters. The Kier molecular flexibility index (Phi) is 5.55. The Morgan fingerprint density at radius 3 is 2.61 bits per heavy atom. The number of benzene rings is 2. The Hall–Kier alpha value is -2.17. The monoisotopic (exact) mass is 483 g/mol. The summed E-state index contributed by atoms with van der Waals surface area (Å²) in [5, 5.41) is 3.70. The van der Waals surface area contributed by atoms with Crippen molar-refractivity contribution in [3.05, 3.63) is 70.8 Å². The van der Waals surface area contributed by atoms with E-state index < -0.39 is 0 Å². The Balaban J connectivity index is 1.23. The lowest BCUT2D eigenvalue weighted by atomic mass is 9.74. The molecule has 7 rings (SSSR count). The van der Waals surface area contributed by atoms with Crippen molar-refractivity contribution in [2.24, 2.45) is 23.0 Å². The molecule has 0 aromatic heterocycles. The number of hydrogen-bond donors (Lipinski definition) is 2. The number of nitrogens with zero attached hydrogens (tertiary/aromatic N) is 1. The van der Waals surface area contributed by atoms with Crippen molar-refractivity contribution in [2.75, 3.05) is 19.6 Å². The second kappa shape index (κ2) is 8.70. The van der Waals surface area contributed by atoms with Gasteiger partial charge in [-0.15, -0.1) is 0 Å². The molecule has 3 aliphatic carbocycles. The fourth-order valence-electron chi connectivity index (χ4n) is 9.47. The van der Waals surface area contributed by atoms with E-state index in [4.69, 9.17) is 5.73 Å². The van der Waals surface area contributed by atoms with Gasteiger partial charge in [0.1, 0.15) is 0 Å². The van der Waals surface area contributed by atoms with Gasteiger partial charge >= 0.3 is 0 Å². The highest BCUT2D eigenvalue weighted by atomic mass is 16.2. The molecule has 4 fully saturated rings. The standard InChI is InChI=1S/C32H41N3O/c33-19-25-12-7-13-27-26(25)14-15-29-31(27)20-34-21-32(29,31)30(36)35-17-16-24(22-8-3-1-4-9-22)18-28(35)23-10-5-2-6-11-23/h1,3-4,7-9,12-13,23-24,28-29,34H,2,5-6,10-11,14-21,33H2. The summed E-state index contributed by atoms with van der Waals surface area (Å²) >= 11 is 0. The van der Waals surface area contributed by atoms with Crippen LogP contribution in [0.15, 0.2) is 48.5 Å². The van der Waals surface area contributed by atoms with Crippen molar-refractivity contribution >= 4 is 5.91 Å². The highest BCUT2D eigenvalue weighted by Gasteiger charge is 2.83. The largest absolute Gasteiger partial charge is 0.339 e. The molecular weight excluding hydrogens is 442 g/mol. The van der Waals surface area contributed by atoms with Crippen molar-refractivity contribution in [1.29, 1.82) is 0 Å². The molecule has 2 heterocycles. The third-order valence-electron chi connectivity index (χ3n) is 11.1. The molecule has 1 amide bonds. The van der Waals surface area contributed by atoms with Gasteiger partial charge < -0.3 is 16.0 Å². The number of rotatable bonds is 4. The second-order valence-electron chi connectivity index (χ2n) is 12.4. The number of carbonyl (C=O) groups excluding carboxylic acids is 1. The normalized spacial score (nSPS) is 35.6. The zero-order valence-corrected chi connectivity index (χ0v) is 21.6. The molecular formula is C32H41N3O. The molecule has 2 aromatic carbocycles. The van der Waals surface area contributed by atoms with Gasteiger partial charge in [0.05, 0.1) is 5.41 Å². The molecule has 2 saturated carbocycles. The number of nitrogens with two attached hydrogens (primary N) is 1. The molecule has 3 N–H and O–H groups in total. The van der Waals surface area contributed by atoms with Gasteiger partial charge in [0, 0.05) is 37.6 Å². The molecule has 36 heavy (non-hydrogen) atoms. The first-order valence-corrected chi connectivity index (χ1v) is 14.6. The van der Waals surface area contributed by atoms with Crippen molar-refractivity contribution in [3.8, 4) is 0 Å². The van der Waals surface area contributed by atoms with Gasteiger partial charge in [-0.05, 0) is 78.5 Å². The van der Waals surface area contributed by atoms with Crippen LogP contribution in [0.5, 0.6) is 0 Å². The van der Waals surface area contributed by atoms with Gasteiger partial charge in [0.15, 0.2) is 0 Å². The van der Waals surface area contributed by atoms with E-state index >= 15 is 0 Å². The van der Waals surface area contributed by atoms with Gasteiger partial charge in [-0.2, -0.15) is 0 Å². The summed E-state index contributed by atoms with van der Waals surface area (Å²) in [5.41, 5.74) is 11.5. The van der Waals surface area contributed by atoms with Gasteiger partial charge in [-0.1, -0.05) is 67.8 Å². The van der Waals surface area contributed by atoms with Crippen LogP contribution in [0.4, 0.5) is 0 Å². The quantitative estimate of drug-likeness (QED) is 0.650. The summed E-state index contributed by atoms with van der Waals surface area (Å²) in [6.45, 7) is 3.30. The van der Waals surface area contributed by atoms with Crippen molar-refractivity contribution in [1.82, 2.24) is 10.2 Å². The van der Waals surface area contributed by atoms with E-state index in [0.29, 0.717) is 36.2 Å². The van der Waals surface area contributed by atoms with E-state index in [2.05, 4.69) is 58.7 Å². The molecule has 2 saturated heterocycles. The molecule has 190 valence electrons. The lowest BCUT2D eigenvalue weighted by molar-refractivity contribution is -0.143. The van der Waals surface area contributed by atoms with Crippen LogP contribution >= 0.6 is 0 Å². The first-order valence-electron chi connectivity index (χ1n) is 14.6. The van der Waals surface area contributed by atoms with Crippen molar-refractivity contribution in [3.63, 3.8) is 0 Å². The summed E-state index contributed by atoms with van der Waals surface area (Å²) in [6, 6.07) is 18.2. The van der Waals surface area contributed by atoms with E-state index in [9.17, 15) is 4.79 Å². The zero-order chi connectivity index (χ0) is 24.3. The molecule has 4 heteroatoms. The molecule has 2 aliphatic heterocycles. The number of fused-ring (bicyclic) bond motifs is 2. The lowest BCUT2D eigenvalue weighted by Crippen LogP contribution is -2.53. The topological polar surface area (TPSA) is 58.4 Å². The average Bonchev–Trinajstić information content (AvgIpc) is 3.35. The van der Waals surface area contributed by atoms with E-state index in [1.165, 1.54) is 54.4 Å². The molecule has 2 aromatic rings. The Morgan fingerprint density at radius 2 is 1.81 bits per heavy atom. The first kappa shape index (κ1) is 23.0. The van der Waals surface area contributed by atoms with Gasteiger partial charge in [0.2, 0.25) is 5.91 Å². The second-order valence-corrected chi connectivity index (χ2v) is 12.4. The zero-order valence-electron chi connectivity index (χ0n) is 21.6. The van der Waals surface area contributed by atoms with Crippen LogP contribution in [0.1, 0.15) is 79.5 Å². The third kappa shape index (κ3) is 3.10. The fourth-order valence-corrected chi connectivity index (χ4v) is 9.47. The molecule has 4 nitrogen and oxygen atoms in total. The summed E-state index contributed by atoms with van der Waals surface area (Å²) in [7, 11) is 0. The summed E-state index contributed by atoms with van der Waals surface area (Å²) in [6.07, 6.45) is 11.0. The minimum atomic E-state index is -0.252.